The molecule has 0 saturated carbocycles. The molecule has 0 nitrogen and oxygen atoms in total. The smallest absolute Gasteiger partial charge is 0.0893 e. The van der Waals surface area contributed by atoms with Crippen LogP contribution in [0.5, 0.6) is 0 Å². The van der Waals surface area contributed by atoms with Crippen molar-refractivity contribution in [3.05, 3.63) is 35.2 Å². The summed E-state index contributed by atoms with van der Waals surface area (Å²) in [5.41, 5.74) is 0. The molecule has 0 heterocycles. The summed E-state index contributed by atoms with van der Waals surface area (Å²) in [5, 5.41) is 0. The molecule has 0 atom stereocenters. The first kappa shape index (κ1) is 9.87. The molecule has 0 saturated heterocycles. The number of halogens is 5. The molecule has 1 aromatic rings. The average molecular weight is 436 g/mol. The van der Waals surface area contributed by atoms with Gasteiger partial charge in [0.05, 0.1) is 29.1 Å². The largest absolute Gasteiger partial charge is 0.278 e. The van der Waals surface area contributed by atoms with E-state index in [0.717, 1.165) is 6.07 Å². The minimum atomic E-state index is -2.17. The van der Waals surface area contributed by atoms with E-state index in [4.69, 9.17) is 0 Å². The molecule has 0 unspecified atom stereocenters. The molecule has 0 aliphatic carbocycles. The molecule has 0 bridgehead atoms. The van der Waals surface area contributed by atoms with Gasteiger partial charge in [0.25, 0.3) is 0 Å². The van der Waals surface area contributed by atoms with Crippen LogP contribution in [0, 0.1) is 35.2 Å². The van der Waals surface area contributed by atoms with Gasteiger partial charge in [-0.05, 0) is 0 Å². The summed E-state index contributed by atoms with van der Waals surface area (Å²) in [5.74, 6) is -10.0. The van der Waals surface area contributed by atoms with Gasteiger partial charge in [-0.3, -0.25) is 8.78 Å². The Morgan fingerprint density at radius 3 is 1.33 bits per heavy atom. The summed E-state index contributed by atoms with van der Waals surface area (Å²) in [6.07, 6.45) is 0. The molecule has 0 aromatic heterocycles. The molecule has 62 valence electrons. The molecule has 1 aromatic carbocycles. The standard InChI is InChI=1S/C6F5.Sg/c7-2-1-3(8)5(10)6(11)4(2)9;/q-1;. The predicted octanol–water partition coefficient (Wildman–Crippen LogP) is 2.18. The van der Waals surface area contributed by atoms with Crippen LogP contribution in [0.4, 0.5) is 22.0 Å². The van der Waals surface area contributed by atoms with Gasteiger partial charge in [0.1, 0.15) is 0 Å². The predicted molar refractivity (Wildman–Crippen MR) is 25.1 cm³/mol. The Balaban J connectivity index is 0.00000121. The summed E-state index contributed by atoms with van der Waals surface area (Å²) in [6, 6.07) is 1.02. The Bertz CT molecular complexity index is 272. The Morgan fingerprint density at radius 2 is 1.00 bits per heavy atom. The Hall–Kier alpha value is -2.13. The summed E-state index contributed by atoms with van der Waals surface area (Å²) in [4.78, 5) is 0. The van der Waals surface area contributed by atoms with Gasteiger partial charge in [0.15, 0.2) is 0 Å². The Labute approximate surface area is 58.3 Å². The van der Waals surface area contributed by atoms with E-state index >= 15 is 0 Å². The zero-order valence-electron chi connectivity index (χ0n) is 5.60. The molecule has 0 radical (unpaired) electrons. The molecule has 1 rings (SSSR count). The van der Waals surface area contributed by atoms with Crippen LogP contribution in [0.1, 0.15) is 0 Å². The van der Waals surface area contributed by atoms with Gasteiger partial charge in [-0.15, -0.1) is 6.07 Å². The van der Waals surface area contributed by atoms with Crippen LogP contribution in [0.15, 0.2) is 0 Å². The number of hydrogen-bond acceptors (Lipinski definition) is 0. The topological polar surface area (TPSA) is 0 Å². The van der Waals surface area contributed by atoms with Crippen molar-refractivity contribution in [1.29, 1.82) is 0 Å². The van der Waals surface area contributed by atoms with E-state index < -0.39 is 29.1 Å². The fourth-order valence-corrected chi connectivity index (χ4v) is 0.495. The second-order valence-corrected chi connectivity index (χ2v) is 1.69. The third-order valence-electron chi connectivity index (χ3n) is 0.990. The molecule has 0 aliphatic heterocycles. The third-order valence-corrected chi connectivity index (χ3v) is 0.990. The van der Waals surface area contributed by atoms with Crippen molar-refractivity contribution in [2.24, 2.45) is 0 Å². The van der Waals surface area contributed by atoms with Gasteiger partial charge < -0.3 is 0 Å². The number of benzene rings is 1. The van der Waals surface area contributed by atoms with Gasteiger partial charge in [0, 0.05) is 0 Å². The van der Waals surface area contributed by atoms with Crippen LogP contribution in [0.25, 0.3) is 0 Å². The van der Waals surface area contributed by atoms with Crippen molar-refractivity contribution in [2.75, 3.05) is 0 Å². The van der Waals surface area contributed by atoms with Crippen molar-refractivity contribution >= 4 is 0 Å². The third kappa shape index (κ3) is 1.16. The van der Waals surface area contributed by atoms with E-state index in [0.29, 0.717) is 0 Å². The molecule has 0 N–H and O–H groups in total. The van der Waals surface area contributed by atoms with E-state index in [2.05, 4.69) is 0 Å². The van der Waals surface area contributed by atoms with Crippen molar-refractivity contribution in [1.82, 2.24) is 0 Å². The van der Waals surface area contributed by atoms with Gasteiger partial charge >= 0.3 is 0 Å². The van der Waals surface area contributed by atoms with Crippen LogP contribution in [-0.4, -0.2) is 0 Å². The Kier molecular flexibility index (Phi) is 2.35. The van der Waals surface area contributed by atoms with Crippen molar-refractivity contribution in [2.45, 2.75) is 0 Å². The van der Waals surface area contributed by atoms with E-state index in [9.17, 15) is 22.0 Å². The molecule has 6 heteroatoms. The van der Waals surface area contributed by atoms with Gasteiger partial charge in [-0.25, -0.2) is 13.2 Å². The molecular weight excluding hydrogens is 436 g/mol. The molecule has 0 amide bonds. The fraction of sp³-hybridized carbons (Fsp3) is 0. The first-order chi connectivity index (χ1) is 5.04. The van der Waals surface area contributed by atoms with E-state index in [1.54, 1.807) is 0 Å². The molecule has 12 heavy (non-hydrogen) atoms. The van der Waals surface area contributed by atoms with Gasteiger partial charge in [-0.1, -0.05) is 0 Å². The van der Waals surface area contributed by atoms with Gasteiger partial charge in [0.2, 0.25) is 0 Å². The molecule has 0 spiro atoms. The second-order valence-electron chi connectivity index (χ2n) is 1.69. The maximum atomic E-state index is 12.0. The zero-order valence-corrected chi connectivity index (χ0v) is 12.1. The summed E-state index contributed by atoms with van der Waals surface area (Å²) in [6.45, 7) is 0. The average Bonchev–Trinajstić information content (AvgIpc) is 1.97. The number of hydrogen-bond donors (Lipinski definition) is 0. The maximum Gasteiger partial charge on any atom is 0.0893 e. The normalized spacial score (nSPS) is 9.42. The van der Waals surface area contributed by atoms with Crippen molar-refractivity contribution < 1.29 is 22.0 Å². The van der Waals surface area contributed by atoms with Crippen LogP contribution in [-0.2, 0) is 0 Å². The minimum Gasteiger partial charge on any atom is -0.278 e. The van der Waals surface area contributed by atoms with E-state index in [-0.39, 0.29) is 0 Å². The molecular formula is C6F5Sg-. The first-order valence-electron chi connectivity index (χ1n) is 2.44. The zero-order chi connectivity index (χ0) is 8.59. The SMILES string of the molecule is Fc1[c-]c(F)c(F)c(F)c1F.[Sg]. The maximum absolute atomic E-state index is 12.0. The minimum absolute atomic E-state index is 0. The summed E-state index contributed by atoms with van der Waals surface area (Å²) >= 11 is 0. The fourth-order valence-electron chi connectivity index (χ4n) is 0.495. The Morgan fingerprint density at radius 1 is 0.667 bits per heavy atom. The monoisotopic (exact) mass is 438 g/mol. The van der Waals surface area contributed by atoms with Crippen LogP contribution in [0.3, 0.4) is 0 Å². The molecule has 0 aliphatic rings. The van der Waals surface area contributed by atoms with Crippen molar-refractivity contribution in [3.63, 3.8) is 0 Å². The first-order valence-corrected chi connectivity index (χ1v) is 2.44. The number of rotatable bonds is 0. The second kappa shape index (κ2) is 2.86. The molecule has 0 fully saturated rings. The summed E-state index contributed by atoms with van der Waals surface area (Å²) < 4.78 is 59.9. The van der Waals surface area contributed by atoms with E-state index in [1.165, 1.54) is 0 Å². The van der Waals surface area contributed by atoms with Crippen LogP contribution >= 0.6 is 0 Å². The van der Waals surface area contributed by atoms with Gasteiger partial charge in [-0.2, -0.15) is 0 Å². The van der Waals surface area contributed by atoms with Crippen molar-refractivity contribution in [3.8, 4) is 0 Å². The van der Waals surface area contributed by atoms with Crippen LogP contribution < -0.4 is 0 Å². The summed E-state index contributed by atoms with van der Waals surface area (Å²) in [7, 11) is 0. The van der Waals surface area contributed by atoms with E-state index in [1.807, 2.05) is 0 Å². The quantitative estimate of drug-likeness (QED) is 0.253. The van der Waals surface area contributed by atoms with Crippen LogP contribution in [0.2, 0.25) is 0 Å².